The topological polar surface area (TPSA) is 99.0 Å². The van der Waals surface area contributed by atoms with Crippen molar-refractivity contribution in [2.45, 2.75) is 19.3 Å². The molecule has 0 radical (unpaired) electrons. The number of halogens is 2. The molecule has 30 heavy (non-hydrogen) atoms. The molecule has 0 atom stereocenters. The summed E-state index contributed by atoms with van der Waals surface area (Å²) in [6, 6.07) is 3.55. The summed E-state index contributed by atoms with van der Waals surface area (Å²) in [7, 11) is 0. The lowest BCUT2D eigenvalue weighted by Crippen LogP contribution is -2.38. The summed E-state index contributed by atoms with van der Waals surface area (Å²) in [6.07, 6.45) is 5.17. The number of rotatable bonds is 5. The molecule has 0 bridgehead atoms. The maximum absolute atomic E-state index is 9.84. The van der Waals surface area contributed by atoms with Crippen molar-refractivity contribution in [3.8, 4) is 5.75 Å². The van der Waals surface area contributed by atoms with Crippen molar-refractivity contribution >= 4 is 55.9 Å². The van der Waals surface area contributed by atoms with Gasteiger partial charge in [0.25, 0.3) is 0 Å². The summed E-state index contributed by atoms with van der Waals surface area (Å²) >= 11 is 6.65. The molecule has 0 spiro atoms. The predicted molar refractivity (Wildman–Crippen MR) is 124 cm³/mol. The number of hydrogen-bond donors (Lipinski definition) is 2. The van der Waals surface area contributed by atoms with Crippen molar-refractivity contribution in [3.05, 3.63) is 26.6 Å². The van der Waals surface area contributed by atoms with Gasteiger partial charge >= 0.3 is 0 Å². The second-order valence-corrected chi connectivity index (χ2v) is 8.82. The highest BCUT2D eigenvalue weighted by Crippen LogP contribution is 2.32. The van der Waals surface area contributed by atoms with Crippen LogP contribution < -0.4 is 15.2 Å². The summed E-state index contributed by atoms with van der Waals surface area (Å²) in [5.74, 6) is 1.87. The van der Waals surface area contributed by atoms with Gasteiger partial charge in [0.1, 0.15) is 5.75 Å². The number of aromatic nitrogens is 3. The minimum atomic E-state index is 0.152. The Balaban J connectivity index is 1.56. The summed E-state index contributed by atoms with van der Waals surface area (Å²) in [6.45, 7) is 4.73. The summed E-state index contributed by atoms with van der Waals surface area (Å²) in [5.41, 5.74) is 3.74. The van der Waals surface area contributed by atoms with Crippen LogP contribution in [0.25, 0.3) is 0 Å². The van der Waals surface area contributed by atoms with Crippen molar-refractivity contribution < 1.29 is 9.84 Å². The Morgan fingerprint density at radius 2 is 1.53 bits per heavy atom. The molecule has 3 heterocycles. The Kier molecular flexibility index (Phi) is 7.00. The number of anilines is 3. The molecule has 2 aliphatic rings. The van der Waals surface area contributed by atoms with E-state index in [4.69, 9.17) is 9.72 Å². The van der Waals surface area contributed by atoms with Crippen LogP contribution in [0.15, 0.2) is 26.2 Å². The maximum atomic E-state index is 9.84. The molecule has 2 aromatic rings. The number of nitrogens with one attached hydrogen (secondary N) is 1. The van der Waals surface area contributed by atoms with E-state index in [1.165, 1.54) is 6.42 Å². The highest BCUT2D eigenvalue weighted by molar-refractivity contribution is 9.11. The number of phenolic OH excluding ortho intramolecular Hbond substituents is 1. The Labute approximate surface area is 191 Å². The smallest absolute Gasteiger partial charge is 0.250 e. The highest BCUT2D eigenvalue weighted by Gasteiger charge is 2.20. The molecule has 9 nitrogen and oxygen atoms in total. The van der Waals surface area contributed by atoms with Crippen LogP contribution in [0.1, 0.15) is 24.8 Å². The van der Waals surface area contributed by atoms with Crippen molar-refractivity contribution in [3.63, 3.8) is 0 Å². The fourth-order valence-corrected chi connectivity index (χ4v) is 4.59. The Morgan fingerprint density at radius 3 is 2.17 bits per heavy atom. The van der Waals surface area contributed by atoms with Crippen LogP contribution >= 0.6 is 31.9 Å². The van der Waals surface area contributed by atoms with Crippen molar-refractivity contribution in [2.24, 2.45) is 5.10 Å². The number of ether oxygens (including phenoxy) is 1. The lowest BCUT2D eigenvalue weighted by atomic mass is 10.1. The molecule has 1 aromatic heterocycles. The van der Waals surface area contributed by atoms with E-state index in [1.54, 1.807) is 18.3 Å². The second-order valence-electron chi connectivity index (χ2n) is 7.11. The number of hydrazone groups is 1. The average molecular weight is 541 g/mol. The van der Waals surface area contributed by atoms with Crippen molar-refractivity contribution in [1.29, 1.82) is 0 Å². The Bertz CT molecular complexity index is 856. The molecule has 160 valence electrons. The maximum Gasteiger partial charge on any atom is 0.250 e. The van der Waals surface area contributed by atoms with Gasteiger partial charge in [-0.25, -0.2) is 5.43 Å². The van der Waals surface area contributed by atoms with Gasteiger partial charge < -0.3 is 19.6 Å². The first-order valence-electron chi connectivity index (χ1n) is 9.91. The van der Waals surface area contributed by atoms with Gasteiger partial charge in [0.05, 0.1) is 28.4 Å². The predicted octanol–water partition coefficient (Wildman–Crippen LogP) is 3.38. The lowest BCUT2D eigenvalue weighted by molar-refractivity contribution is 0.122. The van der Waals surface area contributed by atoms with Crippen LogP contribution in [0, 0.1) is 0 Å². The van der Waals surface area contributed by atoms with Gasteiger partial charge in [-0.15, -0.1) is 0 Å². The van der Waals surface area contributed by atoms with Crippen LogP contribution in [0.4, 0.5) is 17.8 Å². The normalized spacial score (nSPS) is 17.5. The van der Waals surface area contributed by atoms with Gasteiger partial charge in [-0.2, -0.15) is 20.1 Å². The van der Waals surface area contributed by atoms with E-state index >= 15 is 0 Å². The van der Waals surface area contributed by atoms with Gasteiger partial charge in [0.2, 0.25) is 17.8 Å². The van der Waals surface area contributed by atoms with E-state index in [-0.39, 0.29) is 5.75 Å². The van der Waals surface area contributed by atoms with Crippen LogP contribution in [0.3, 0.4) is 0 Å². The third-order valence-corrected chi connectivity index (χ3v) is 6.17. The first kappa shape index (κ1) is 21.3. The second kappa shape index (κ2) is 9.88. The third kappa shape index (κ3) is 5.19. The van der Waals surface area contributed by atoms with Gasteiger partial charge in [0.15, 0.2) is 0 Å². The number of hydrogen-bond acceptors (Lipinski definition) is 9. The first-order valence-corrected chi connectivity index (χ1v) is 11.5. The molecule has 2 N–H and O–H groups in total. The fourth-order valence-electron chi connectivity index (χ4n) is 3.37. The lowest BCUT2D eigenvalue weighted by Gasteiger charge is -2.30. The molecule has 2 saturated heterocycles. The first-order chi connectivity index (χ1) is 14.6. The molecule has 2 fully saturated rings. The molecule has 4 rings (SSSR count). The molecule has 0 unspecified atom stereocenters. The molecule has 11 heteroatoms. The molecular formula is C19H23Br2N7O2. The number of nitrogens with zero attached hydrogens (tertiary/aromatic N) is 6. The monoisotopic (exact) mass is 539 g/mol. The SMILES string of the molecule is Oc1c(Br)cc(/C=N/Nc2nc(N3CCCCC3)nc(N3CCOCC3)n2)cc1Br. The molecule has 1 aromatic carbocycles. The molecule has 0 amide bonds. The van der Waals surface area contributed by atoms with E-state index in [0.717, 1.165) is 44.6 Å². The van der Waals surface area contributed by atoms with Crippen LogP contribution in [0.2, 0.25) is 0 Å². The van der Waals surface area contributed by atoms with Crippen LogP contribution in [-0.4, -0.2) is 65.7 Å². The van der Waals surface area contributed by atoms with Gasteiger partial charge in [-0.1, -0.05) is 0 Å². The van der Waals surface area contributed by atoms with Gasteiger partial charge in [-0.05, 0) is 68.8 Å². The zero-order valence-electron chi connectivity index (χ0n) is 16.4. The largest absolute Gasteiger partial charge is 0.506 e. The zero-order valence-corrected chi connectivity index (χ0v) is 19.6. The average Bonchev–Trinajstić information content (AvgIpc) is 2.78. The van der Waals surface area contributed by atoms with Crippen LogP contribution in [0.5, 0.6) is 5.75 Å². The minimum Gasteiger partial charge on any atom is -0.506 e. The Hall–Kier alpha value is -1.98. The van der Waals surface area contributed by atoms with E-state index in [9.17, 15) is 5.11 Å². The summed E-state index contributed by atoms with van der Waals surface area (Å²) in [4.78, 5) is 18.2. The van der Waals surface area contributed by atoms with E-state index in [0.29, 0.717) is 40.0 Å². The quantitative estimate of drug-likeness (QED) is 0.440. The Morgan fingerprint density at radius 1 is 0.933 bits per heavy atom. The highest BCUT2D eigenvalue weighted by atomic mass is 79.9. The fraction of sp³-hybridized carbons (Fsp3) is 0.474. The van der Waals surface area contributed by atoms with Gasteiger partial charge in [-0.3, -0.25) is 0 Å². The molecule has 0 saturated carbocycles. The van der Waals surface area contributed by atoms with Gasteiger partial charge in [0, 0.05) is 26.2 Å². The number of morpholine rings is 1. The number of phenols is 1. The van der Waals surface area contributed by atoms with Crippen molar-refractivity contribution in [2.75, 3.05) is 54.6 Å². The molecule has 2 aliphatic heterocycles. The van der Waals surface area contributed by atoms with E-state index in [2.05, 4.69) is 62.2 Å². The number of aromatic hydroxyl groups is 1. The van der Waals surface area contributed by atoms with E-state index in [1.807, 2.05) is 0 Å². The zero-order chi connectivity index (χ0) is 20.9. The standard InChI is InChI=1S/C19H23Br2N7O2/c20-14-10-13(11-15(21)16(14)29)12-22-26-17-23-18(27-4-2-1-3-5-27)25-19(24-17)28-6-8-30-9-7-28/h10-12,29H,1-9H2,(H,23,24,25,26)/b22-12+. The minimum absolute atomic E-state index is 0.152. The molecule has 0 aliphatic carbocycles. The van der Waals surface area contributed by atoms with E-state index < -0.39 is 0 Å². The number of piperidine rings is 1. The summed E-state index contributed by atoms with van der Waals surface area (Å²) in [5, 5.41) is 14.1. The summed E-state index contributed by atoms with van der Waals surface area (Å²) < 4.78 is 6.62. The van der Waals surface area contributed by atoms with Crippen molar-refractivity contribution in [1.82, 2.24) is 15.0 Å². The molecular weight excluding hydrogens is 518 g/mol. The third-order valence-electron chi connectivity index (χ3n) is 4.96. The van der Waals surface area contributed by atoms with Crippen LogP contribution in [-0.2, 0) is 4.74 Å². The number of benzene rings is 1.